The molecule has 1 aromatic heterocycles. The minimum absolute atomic E-state index is 0.00836. The number of carboxylic acid groups (broad SMARTS) is 1. The number of carboxylic acids is 1. The summed E-state index contributed by atoms with van der Waals surface area (Å²) in [5.41, 5.74) is -0.0755. The van der Waals surface area contributed by atoms with Crippen molar-refractivity contribution in [2.24, 2.45) is 0 Å². The lowest BCUT2D eigenvalue weighted by molar-refractivity contribution is -0.133. The highest BCUT2D eigenvalue weighted by Crippen LogP contribution is 2.33. The van der Waals surface area contributed by atoms with Crippen molar-refractivity contribution in [1.29, 1.82) is 0 Å². The van der Waals surface area contributed by atoms with Crippen LogP contribution >= 0.6 is 11.8 Å². The van der Waals surface area contributed by atoms with Gasteiger partial charge in [0.1, 0.15) is 5.82 Å². The summed E-state index contributed by atoms with van der Waals surface area (Å²) in [4.78, 5) is 10.7. The third-order valence-electron chi connectivity index (χ3n) is 3.45. The Labute approximate surface area is 116 Å². The van der Waals surface area contributed by atoms with Gasteiger partial charge in [0.25, 0.3) is 0 Å². The lowest BCUT2D eigenvalue weighted by Gasteiger charge is -2.36. The highest BCUT2D eigenvalue weighted by atomic mass is 32.2. The summed E-state index contributed by atoms with van der Waals surface area (Å²) in [6.07, 6.45) is 2.59. The third kappa shape index (κ3) is 3.09. The van der Waals surface area contributed by atoms with Crippen molar-refractivity contribution in [3.63, 3.8) is 0 Å². The van der Waals surface area contributed by atoms with Gasteiger partial charge < -0.3 is 9.84 Å². The van der Waals surface area contributed by atoms with Crippen LogP contribution < -0.4 is 0 Å². The molecule has 2 heterocycles. The van der Waals surface area contributed by atoms with E-state index in [2.05, 4.69) is 21.7 Å². The second-order valence-electron chi connectivity index (χ2n) is 4.88. The smallest absolute Gasteiger partial charge is 0.313 e. The zero-order valence-corrected chi connectivity index (χ0v) is 12.1. The molecule has 1 aliphatic rings. The van der Waals surface area contributed by atoms with Crippen molar-refractivity contribution in [2.75, 3.05) is 19.0 Å². The Bertz CT molecular complexity index is 455. The van der Waals surface area contributed by atoms with Crippen LogP contribution in [0.5, 0.6) is 0 Å². The fraction of sp³-hybridized carbons (Fsp3) is 0.750. The summed E-state index contributed by atoms with van der Waals surface area (Å²) < 4.78 is 7.53. The molecule has 0 radical (unpaired) electrons. The maximum Gasteiger partial charge on any atom is 0.313 e. The lowest BCUT2D eigenvalue weighted by Crippen LogP contribution is -2.38. The number of nitrogens with zero attached hydrogens (tertiary/aromatic N) is 3. The number of thioether (sulfide) groups is 1. The van der Waals surface area contributed by atoms with Crippen molar-refractivity contribution < 1.29 is 14.6 Å². The van der Waals surface area contributed by atoms with E-state index in [0.717, 1.165) is 38.3 Å². The Balaban J connectivity index is 2.29. The SMILES string of the molecule is CCc1nnc(SCC(=O)O)n1C1(C)CCOCC1. The van der Waals surface area contributed by atoms with Crippen LogP contribution in [0.4, 0.5) is 0 Å². The molecule has 0 spiro atoms. The second-order valence-corrected chi connectivity index (χ2v) is 5.82. The third-order valence-corrected chi connectivity index (χ3v) is 4.36. The maximum absolute atomic E-state index is 10.7. The van der Waals surface area contributed by atoms with E-state index in [1.807, 2.05) is 6.92 Å². The number of aliphatic carboxylic acids is 1. The minimum Gasteiger partial charge on any atom is -0.481 e. The molecule has 0 unspecified atom stereocenters. The van der Waals surface area contributed by atoms with Gasteiger partial charge in [0.15, 0.2) is 5.16 Å². The van der Waals surface area contributed by atoms with E-state index < -0.39 is 5.97 Å². The highest BCUT2D eigenvalue weighted by molar-refractivity contribution is 7.99. The first-order valence-corrected chi connectivity index (χ1v) is 7.42. The number of hydrogen-bond donors (Lipinski definition) is 1. The van der Waals surface area contributed by atoms with Gasteiger partial charge in [0, 0.05) is 25.2 Å². The number of carbonyl (C=O) groups is 1. The molecule has 19 heavy (non-hydrogen) atoms. The molecule has 1 saturated heterocycles. The lowest BCUT2D eigenvalue weighted by atomic mass is 9.92. The van der Waals surface area contributed by atoms with Crippen molar-refractivity contribution in [1.82, 2.24) is 14.8 Å². The number of aromatic nitrogens is 3. The first kappa shape index (κ1) is 14.3. The Kier molecular flexibility index (Phi) is 4.46. The van der Waals surface area contributed by atoms with Crippen LogP contribution in [-0.2, 0) is 21.5 Å². The quantitative estimate of drug-likeness (QED) is 0.827. The standard InChI is InChI=1S/C12H19N3O3S/c1-3-9-13-14-11(19-8-10(16)17)15(9)12(2)4-6-18-7-5-12/h3-8H2,1-2H3,(H,16,17). The van der Waals surface area contributed by atoms with E-state index in [-0.39, 0.29) is 11.3 Å². The Hall–Kier alpha value is -1.08. The van der Waals surface area contributed by atoms with Crippen LogP contribution in [0.15, 0.2) is 5.16 Å². The maximum atomic E-state index is 10.7. The van der Waals surface area contributed by atoms with Crippen molar-refractivity contribution in [3.05, 3.63) is 5.82 Å². The Morgan fingerprint density at radius 3 is 2.74 bits per heavy atom. The van der Waals surface area contributed by atoms with Gasteiger partial charge in [-0.2, -0.15) is 0 Å². The van der Waals surface area contributed by atoms with E-state index in [9.17, 15) is 4.79 Å². The molecule has 1 aliphatic heterocycles. The molecule has 0 amide bonds. The summed E-state index contributed by atoms with van der Waals surface area (Å²) in [5.74, 6) is 0.0843. The minimum atomic E-state index is -0.838. The van der Waals surface area contributed by atoms with Crippen LogP contribution in [0, 0.1) is 0 Å². The van der Waals surface area contributed by atoms with Gasteiger partial charge in [0.2, 0.25) is 0 Å². The van der Waals surface area contributed by atoms with Gasteiger partial charge in [0.05, 0.1) is 5.75 Å². The summed E-state index contributed by atoms with van der Waals surface area (Å²) in [7, 11) is 0. The monoisotopic (exact) mass is 285 g/mol. The first-order valence-electron chi connectivity index (χ1n) is 6.44. The Morgan fingerprint density at radius 1 is 1.47 bits per heavy atom. The van der Waals surface area contributed by atoms with Gasteiger partial charge in [-0.25, -0.2) is 0 Å². The van der Waals surface area contributed by atoms with E-state index in [1.54, 1.807) is 0 Å². The first-order chi connectivity index (χ1) is 9.07. The summed E-state index contributed by atoms with van der Waals surface area (Å²) in [6, 6.07) is 0. The van der Waals surface area contributed by atoms with Gasteiger partial charge >= 0.3 is 5.97 Å². The van der Waals surface area contributed by atoms with Crippen LogP contribution in [0.25, 0.3) is 0 Å². The zero-order chi connectivity index (χ0) is 13.9. The van der Waals surface area contributed by atoms with E-state index in [1.165, 1.54) is 11.8 Å². The molecule has 1 aromatic rings. The number of hydrogen-bond acceptors (Lipinski definition) is 5. The molecule has 0 bridgehead atoms. The predicted octanol–water partition coefficient (Wildman–Crippen LogP) is 1.54. The van der Waals surface area contributed by atoms with Gasteiger partial charge in [-0.05, 0) is 19.8 Å². The largest absolute Gasteiger partial charge is 0.481 e. The summed E-state index contributed by atoms with van der Waals surface area (Å²) in [6.45, 7) is 5.65. The molecule has 7 heteroatoms. The number of ether oxygens (including phenoxy) is 1. The molecule has 2 rings (SSSR count). The molecule has 1 fully saturated rings. The van der Waals surface area contributed by atoms with Crippen molar-refractivity contribution >= 4 is 17.7 Å². The topological polar surface area (TPSA) is 77.2 Å². The fourth-order valence-electron chi connectivity index (χ4n) is 2.33. The van der Waals surface area contributed by atoms with Crippen LogP contribution in [0.3, 0.4) is 0 Å². The average Bonchev–Trinajstić information content (AvgIpc) is 2.81. The molecule has 6 nitrogen and oxygen atoms in total. The highest BCUT2D eigenvalue weighted by Gasteiger charge is 2.33. The summed E-state index contributed by atoms with van der Waals surface area (Å²) in [5, 5.41) is 17.8. The van der Waals surface area contributed by atoms with E-state index in [4.69, 9.17) is 9.84 Å². The van der Waals surface area contributed by atoms with Crippen molar-refractivity contribution in [3.8, 4) is 0 Å². The molecule has 0 aromatic carbocycles. The molecule has 0 atom stereocenters. The van der Waals surface area contributed by atoms with Crippen molar-refractivity contribution in [2.45, 2.75) is 43.8 Å². The normalized spacial score (nSPS) is 18.4. The summed E-state index contributed by atoms with van der Waals surface area (Å²) >= 11 is 1.23. The van der Waals surface area contributed by atoms with Gasteiger partial charge in [-0.1, -0.05) is 18.7 Å². The molecular weight excluding hydrogens is 266 g/mol. The molecule has 0 saturated carbocycles. The predicted molar refractivity (Wildman–Crippen MR) is 71.5 cm³/mol. The average molecular weight is 285 g/mol. The van der Waals surface area contributed by atoms with E-state index >= 15 is 0 Å². The fourth-order valence-corrected chi connectivity index (χ4v) is 3.13. The molecule has 106 valence electrons. The molecule has 0 aliphatic carbocycles. The van der Waals surface area contributed by atoms with Gasteiger partial charge in [-0.15, -0.1) is 10.2 Å². The second kappa shape index (κ2) is 5.92. The van der Waals surface area contributed by atoms with Crippen LogP contribution in [0.2, 0.25) is 0 Å². The van der Waals surface area contributed by atoms with Crippen LogP contribution in [-0.4, -0.2) is 44.8 Å². The number of aryl methyl sites for hydroxylation is 1. The van der Waals surface area contributed by atoms with E-state index in [0.29, 0.717) is 5.16 Å². The zero-order valence-electron chi connectivity index (χ0n) is 11.3. The molecule has 1 N–H and O–H groups in total. The number of rotatable bonds is 5. The Morgan fingerprint density at radius 2 is 2.16 bits per heavy atom. The molecular formula is C12H19N3O3S. The van der Waals surface area contributed by atoms with Gasteiger partial charge in [-0.3, -0.25) is 9.36 Å². The van der Waals surface area contributed by atoms with Crippen LogP contribution in [0.1, 0.15) is 32.5 Å².